The minimum Gasteiger partial charge on any atom is -0.348 e. The highest BCUT2D eigenvalue weighted by Crippen LogP contribution is 2.25. The Morgan fingerprint density at radius 3 is 2.86 bits per heavy atom. The molecule has 1 aromatic heterocycles. The van der Waals surface area contributed by atoms with E-state index in [0.29, 0.717) is 18.0 Å². The molecule has 0 bridgehead atoms. The number of carbonyl (C=O) groups excluding carboxylic acids is 1. The maximum absolute atomic E-state index is 11.8. The highest BCUT2D eigenvalue weighted by molar-refractivity contribution is 6.31. The topological polar surface area (TPSA) is 54.0 Å². The summed E-state index contributed by atoms with van der Waals surface area (Å²) in [7, 11) is 0. The summed E-state index contributed by atoms with van der Waals surface area (Å²) in [5.74, 6) is 0.105. The van der Waals surface area contributed by atoms with Crippen LogP contribution in [0.15, 0.2) is 48.8 Å². The molecule has 22 heavy (non-hydrogen) atoms. The lowest BCUT2D eigenvalue weighted by atomic mass is 9.92. The van der Waals surface area contributed by atoms with E-state index in [4.69, 9.17) is 11.6 Å². The van der Waals surface area contributed by atoms with Crippen molar-refractivity contribution < 1.29 is 4.79 Å². The van der Waals surface area contributed by atoms with Crippen LogP contribution in [0.4, 0.5) is 0 Å². The summed E-state index contributed by atoms with van der Waals surface area (Å²) in [6.07, 6.45) is 4.75. The number of pyridine rings is 1. The number of halogens is 1. The number of benzene rings is 1. The van der Waals surface area contributed by atoms with E-state index < -0.39 is 0 Å². The van der Waals surface area contributed by atoms with Gasteiger partial charge >= 0.3 is 0 Å². The Kier molecular flexibility index (Phi) is 4.71. The lowest BCUT2D eigenvalue weighted by molar-refractivity contribution is -0.123. The fourth-order valence-electron chi connectivity index (χ4n) is 2.78. The third-order valence-electron chi connectivity index (χ3n) is 3.97. The SMILES string of the molecule is O=C1CC[C@@H](NCc2ccncc2Cl)[C@H](c2ccccc2)N1. The first-order chi connectivity index (χ1) is 10.7. The number of hydrogen-bond acceptors (Lipinski definition) is 3. The predicted octanol–water partition coefficient (Wildman–Crippen LogP) is 2.84. The quantitative estimate of drug-likeness (QED) is 0.912. The number of piperidine rings is 1. The van der Waals surface area contributed by atoms with E-state index in [2.05, 4.69) is 15.6 Å². The minimum absolute atomic E-state index is 0.0111. The molecule has 114 valence electrons. The average molecular weight is 316 g/mol. The Hall–Kier alpha value is -1.91. The van der Waals surface area contributed by atoms with Crippen molar-refractivity contribution >= 4 is 17.5 Å². The number of nitrogens with one attached hydrogen (secondary N) is 2. The fourth-order valence-corrected chi connectivity index (χ4v) is 2.97. The van der Waals surface area contributed by atoms with Crippen LogP contribution in [-0.4, -0.2) is 16.9 Å². The van der Waals surface area contributed by atoms with Gasteiger partial charge in [0.05, 0.1) is 11.1 Å². The highest BCUT2D eigenvalue weighted by atomic mass is 35.5. The largest absolute Gasteiger partial charge is 0.348 e. The summed E-state index contributed by atoms with van der Waals surface area (Å²) < 4.78 is 0. The molecule has 5 heteroatoms. The van der Waals surface area contributed by atoms with Crippen LogP contribution in [0, 0.1) is 0 Å². The number of amides is 1. The fraction of sp³-hybridized carbons (Fsp3) is 0.294. The van der Waals surface area contributed by atoms with Crippen LogP contribution in [0.5, 0.6) is 0 Å². The number of aromatic nitrogens is 1. The number of rotatable bonds is 4. The van der Waals surface area contributed by atoms with Crippen LogP contribution in [0.1, 0.15) is 30.0 Å². The maximum Gasteiger partial charge on any atom is 0.220 e. The molecule has 1 aromatic carbocycles. The molecule has 1 fully saturated rings. The van der Waals surface area contributed by atoms with Crippen molar-refractivity contribution in [3.63, 3.8) is 0 Å². The third kappa shape index (κ3) is 3.46. The second-order valence-electron chi connectivity index (χ2n) is 5.45. The van der Waals surface area contributed by atoms with E-state index in [9.17, 15) is 4.79 Å². The Balaban J connectivity index is 1.73. The molecule has 0 unspecified atom stereocenters. The van der Waals surface area contributed by atoms with Gasteiger partial charge in [-0.25, -0.2) is 0 Å². The van der Waals surface area contributed by atoms with Gasteiger partial charge in [-0.2, -0.15) is 0 Å². The Morgan fingerprint density at radius 2 is 2.09 bits per heavy atom. The van der Waals surface area contributed by atoms with Crippen molar-refractivity contribution in [2.45, 2.75) is 31.5 Å². The van der Waals surface area contributed by atoms with Crippen molar-refractivity contribution in [1.29, 1.82) is 0 Å². The van der Waals surface area contributed by atoms with Crippen molar-refractivity contribution in [3.05, 3.63) is 64.9 Å². The van der Waals surface area contributed by atoms with Gasteiger partial charge in [0.25, 0.3) is 0 Å². The van der Waals surface area contributed by atoms with Gasteiger partial charge in [0.2, 0.25) is 5.91 Å². The number of hydrogen-bond donors (Lipinski definition) is 2. The first-order valence-electron chi connectivity index (χ1n) is 7.40. The summed E-state index contributed by atoms with van der Waals surface area (Å²) >= 11 is 6.15. The van der Waals surface area contributed by atoms with Gasteiger partial charge in [0.15, 0.2) is 0 Å². The molecule has 1 aliphatic rings. The van der Waals surface area contributed by atoms with Crippen LogP contribution in [-0.2, 0) is 11.3 Å². The predicted molar refractivity (Wildman–Crippen MR) is 86.4 cm³/mol. The Labute approximate surface area is 134 Å². The second-order valence-corrected chi connectivity index (χ2v) is 5.86. The van der Waals surface area contributed by atoms with Gasteiger partial charge in [-0.1, -0.05) is 41.9 Å². The monoisotopic (exact) mass is 315 g/mol. The van der Waals surface area contributed by atoms with E-state index in [1.807, 2.05) is 36.4 Å². The van der Waals surface area contributed by atoms with Crippen LogP contribution in [0.2, 0.25) is 5.02 Å². The van der Waals surface area contributed by atoms with E-state index in [1.165, 1.54) is 0 Å². The zero-order valence-corrected chi connectivity index (χ0v) is 12.9. The molecule has 0 aliphatic carbocycles. The molecule has 1 saturated heterocycles. The molecular formula is C17H18ClN3O. The third-order valence-corrected chi connectivity index (χ3v) is 4.31. The molecule has 3 rings (SSSR count). The van der Waals surface area contributed by atoms with E-state index in [-0.39, 0.29) is 18.0 Å². The van der Waals surface area contributed by atoms with E-state index in [0.717, 1.165) is 17.5 Å². The van der Waals surface area contributed by atoms with Crippen molar-refractivity contribution in [3.8, 4) is 0 Å². The smallest absolute Gasteiger partial charge is 0.220 e. The van der Waals surface area contributed by atoms with Crippen molar-refractivity contribution in [1.82, 2.24) is 15.6 Å². The molecule has 2 heterocycles. The van der Waals surface area contributed by atoms with Gasteiger partial charge in [0, 0.05) is 31.4 Å². The molecule has 2 aromatic rings. The second kappa shape index (κ2) is 6.90. The summed E-state index contributed by atoms with van der Waals surface area (Å²) in [5.41, 5.74) is 2.13. The van der Waals surface area contributed by atoms with Gasteiger partial charge in [-0.3, -0.25) is 9.78 Å². The number of nitrogens with zero attached hydrogens (tertiary/aromatic N) is 1. The van der Waals surface area contributed by atoms with Crippen LogP contribution >= 0.6 is 11.6 Å². The van der Waals surface area contributed by atoms with E-state index in [1.54, 1.807) is 12.4 Å². The van der Waals surface area contributed by atoms with Crippen molar-refractivity contribution in [2.24, 2.45) is 0 Å². The molecule has 2 atom stereocenters. The molecule has 1 aliphatic heterocycles. The van der Waals surface area contributed by atoms with Crippen LogP contribution < -0.4 is 10.6 Å². The van der Waals surface area contributed by atoms with Gasteiger partial charge < -0.3 is 10.6 Å². The standard InChI is InChI=1S/C17H18ClN3O/c18-14-11-19-9-8-13(14)10-20-15-6-7-16(22)21-17(15)12-4-2-1-3-5-12/h1-5,8-9,11,15,17,20H,6-7,10H2,(H,21,22)/t15-,17+/m1/s1. The molecule has 0 spiro atoms. The van der Waals surface area contributed by atoms with Gasteiger partial charge in [0.1, 0.15) is 0 Å². The molecule has 2 N–H and O–H groups in total. The Bertz CT molecular complexity index is 647. The Morgan fingerprint density at radius 1 is 1.27 bits per heavy atom. The average Bonchev–Trinajstić information content (AvgIpc) is 2.56. The first-order valence-corrected chi connectivity index (χ1v) is 7.78. The molecule has 1 amide bonds. The van der Waals surface area contributed by atoms with Crippen molar-refractivity contribution in [2.75, 3.05) is 0 Å². The van der Waals surface area contributed by atoms with Gasteiger partial charge in [-0.05, 0) is 23.6 Å². The zero-order chi connectivity index (χ0) is 15.4. The maximum atomic E-state index is 11.8. The molecule has 0 radical (unpaired) electrons. The minimum atomic E-state index is -0.0111. The normalized spacial score (nSPS) is 21.4. The van der Waals surface area contributed by atoms with Crippen LogP contribution in [0.25, 0.3) is 0 Å². The lowest BCUT2D eigenvalue weighted by Crippen LogP contribution is -2.48. The summed E-state index contributed by atoms with van der Waals surface area (Å²) in [6, 6.07) is 12.1. The number of carbonyl (C=O) groups is 1. The summed E-state index contributed by atoms with van der Waals surface area (Å²) in [4.78, 5) is 15.7. The summed E-state index contributed by atoms with van der Waals surface area (Å²) in [5, 5.41) is 7.27. The van der Waals surface area contributed by atoms with Crippen LogP contribution in [0.3, 0.4) is 0 Å². The molecule has 4 nitrogen and oxygen atoms in total. The summed E-state index contributed by atoms with van der Waals surface area (Å²) in [6.45, 7) is 0.658. The first kappa shape index (κ1) is 15.0. The molecule has 0 saturated carbocycles. The van der Waals surface area contributed by atoms with E-state index >= 15 is 0 Å². The molecular weight excluding hydrogens is 298 g/mol. The zero-order valence-electron chi connectivity index (χ0n) is 12.1. The highest BCUT2D eigenvalue weighted by Gasteiger charge is 2.29. The lowest BCUT2D eigenvalue weighted by Gasteiger charge is -2.33. The van der Waals surface area contributed by atoms with Gasteiger partial charge in [-0.15, -0.1) is 0 Å².